The minimum absolute atomic E-state index is 0.0651. The number of hydrogen-bond donors (Lipinski definition) is 1. The third-order valence-electron chi connectivity index (χ3n) is 4.12. The van der Waals surface area contributed by atoms with E-state index in [1.165, 1.54) is 0 Å². The molecule has 146 valence electrons. The first-order valence-electron chi connectivity index (χ1n) is 9.01. The summed E-state index contributed by atoms with van der Waals surface area (Å²) in [7, 11) is 0. The number of nitrogens with zero attached hydrogens (tertiary/aromatic N) is 1. The lowest BCUT2D eigenvalue weighted by atomic mass is 10.2. The minimum Gasteiger partial charge on any atom is -0.489 e. The Morgan fingerprint density at radius 2 is 1.93 bits per heavy atom. The molecule has 0 saturated carbocycles. The quantitative estimate of drug-likeness (QED) is 0.677. The van der Waals surface area contributed by atoms with Crippen LogP contribution in [0.1, 0.15) is 54.1 Å². The molecule has 0 fully saturated rings. The van der Waals surface area contributed by atoms with Crippen LogP contribution in [0.2, 0.25) is 0 Å². The largest absolute Gasteiger partial charge is 0.489 e. The van der Waals surface area contributed by atoms with Crippen molar-refractivity contribution in [2.75, 3.05) is 6.61 Å². The van der Waals surface area contributed by atoms with Gasteiger partial charge in [-0.15, -0.1) is 0 Å². The third-order valence-corrected chi connectivity index (χ3v) is 4.12. The number of amides is 1. The summed E-state index contributed by atoms with van der Waals surface area (Å²) in [5.74, 6) is 0.478. The summed E-state index contributed by atoms with van der Waals surface area (Å²) in [5.41, 5.74) is 2.05. The highest BCUT2D eigenvalue weighted by atomic mass is 16.5. The van der Waals surface area contributed by atoms with E-state index in [1.54, 1.807) is 24.3 Å². The SMILES string of the molecule is CCC[C@@H](C)NC(=O)COC(=O)c1ccc(OCc2c(C)noc2C)cc1. The van der Waals surface area contributed by atoms with Gasteiger partial charge in [0.1, 0.15) is 18.1 Å². The molecule has 0 spiro atoms. The lowest BCUT2D eigenvalue weighted by Crippen LogP contribution is -2.35. The molecule has 1 aromatic heterocycles. The van der Waals surface area contributed by atoms with Crippen molar-refractivity contribution in [3.63, 3.8) is 0 Å². The maximum Gasteiger partial charge on any atom is 0.338 e. The smallest absolute Gasteiger partial charge is 0.338 e. The summed E-state index contributed by atoms with van der Waals surface area (Å²) in [4.78, 5) is 23.8. The van der Waals surface area contributed by atoms with Crippen LogP contribution in [0.15, 0.2) is 28.8 Å². The number of esters is 1. The van der Waals surface area contributed by atoms with E-state index in [9.17, 15) is 9.59 Å². The standard InChI is InChI=1S/C20H26N2O5/c1-5-6-13(2)21-19(23)12-26-20(24)16-7-9-17(10-8-16)25-11-18-14(3)22-27-15(18)4/h7-10,13H,5-6,11-12H2,1-4H3,(H,21,23)/t13-/m1/s1. The van der Waals surface area contributed by atoms with Crippen LogP contribution in [0.25, 0.3) is 0 Å². The van der Waals surface area contributed by atoms with E-state index in [0.717, 1.165) is 29.9 Å². The molecule has 1 N–H and O–H groups in total. The Morgan fingerprint density at radius 1 is 1.22 bits per heavy atom. The minimum atomic E-state index is -0.550. The van der Waals surface area contributed by atoms with E-state index in [-0.39, 0.29) is 18.6 Å². The van der Waals surface area contributed by atoms with Crippen LogP contribution in [0.4, 0.5) is 0 Å². The van der Waals surface area contributed by atoms with Gasteiger partial charge >= 0.3 is 5.97 Å². The van der Waals surface area contributed by atoms with Crippen molar-refractivity contribution >= 4 is 11.9 Å². The van der Waals surface area contributed by atoms with Gasteiger partial charge in [-0.1, -0.05) is 18.5 Å². The molecule has 0 unspecified atom stereocenters. The second kappa shape index (κ2) is 9.75. The topological polar surface area (TPSA) is 90.7 Å². The molecule has 7 nitrogen and oxygen atoms in total. The van der Waals surface area contributed by atoms with Gasteiger partial charge in [0, 0.05) is 6.04 Å². The highest BCUT2D eigenvalue weighted by Gasteiger charge is 2.13. The molecule has 0 aliphatic rings. The fourth-order valence-electron chi connectivity index (χ4n) is 2.59. The Bertz CT molecular complexity index is 748. The molecule has 1 aromatic carbocycles. The number of hydrogen-bond acceptors (Lipinski definition) is 6. The first kappa shape index (κ1) is 20.5. The van der Waals surface area contributed by atoms with Crippen LogP contribution in [0, 0.1) is 13.8 Å². The van der Waals surface area contributed by atoms with Crippen molar-refractivity contribution in [2.45, 2.75) is 53.2 Å². The van der Waals surface area contributed by atoms with Crippen LogP contribution in [0.3, 0.4) is 0 Å². The van der Waals surface area contributed by atoms with Crippen LogP contribution < -0.4 is 10.1 Å². The van der Waals surface area contributed by atoms with Gasteiger partial charge in [0.05, 0.1) is 16.8 Å². The predicted molar refractivity (Wildman–Crippen MR) is 99.5 cm³/mol. The number of rotatable bonds is 9. The van der Waals surface area contributed by atoms with E-state index >= 15 is 0 Å². The molecule has 1 amide bonds. The van der Waals surface area contributed by atoms with E-state index in [4.69, 9.17) is 14.0 Å². The Hall–Kier alpha value is -2.83. The molecule has 0 radical (unpaired) electrons. The van der Waals surface area contributed by atoms with E-state index in [0.29, 0.717) is 17.9 Å². The number of carbonyl (C=O) groups excluding carboxylic acids is 2. The number of ether oxygens (including phenoxy) is 2. The Morgan fingerprint density at radius 3 is 2.52 bits per heavy atom. The maximum atomic E-state index is 12.0. The number of carbonyl (C=O) groups is 2. The third kappa shape index (κ3) is 6.13. The van der Waals surface area contributed by atoms with Crippen LogP contribution in [-0.4, -0.2) is 29.7 Å². The molecular formula is C20H26N2O5. The fourth-order valence-corrected chi connectivity index (χ4v) is 2.59. The van der Waals surface area contributed by atoms with Crippen molar-refractivity contribution < 1.29 is 23.6 Å². The number of aryl methyl sites for hydroxylation is 2. The zero-order chi connectivity index (χ0) is 19.8. The van der Waals surface area contributed by atoms with Gasteiger partial charge in [0.2, 0.25) is 0 Å². The van der Waals surface area contributed by atoms with Crippen LogP contribution >= 0.6 is 0 Å². The summed E-state index contributed by atoms with van der Waals surface area (Å²) in [6.45, 7) is 7.69. The number of nitrogens with one attached hydrogen (secondary N) is 1. The van der Waals surface area contributed by atoms with E-state index in [1.807, 2.05) is 27.7 Å². The van der Waals surface area contributed by atoms with Crippen molar-refractivity contribution in [1.29, 1.82) is 0 Å². The second-order valence-corrected chi connectivity index (χ2v) is 6.45. The molecule has 1 heterocycles. The Balaban J connectivity index is 1.82. The van der Waals surface area contributed by atoms with Gasteiger partial charge in [-0.05, 0) is 51.5 Å². The summed E-state index contributed by atoms with van der Waals surface area (Å²) >= 11 is 0. The summed E-state index contributed by atoms with van der Waals surface area (Å²) < 4.78 is 15.8. The van der Waals surface area contributed by atoms with Gasteiger partial charge < -0.3 is 19.3 Å². The molecule has 7 heteroatoms. The highest BCUT2D eigenvalue weighted by Crippen LogP contribution is 2.18. The zero-order valence-electron chi connectivity index (χ0n) is 16.2. The molecule has 1 atom stereocenters. The second-order valence-electron chi connectivity index (χ2n) is 6.45. The Kier molecular flexibility index (Phi) is 7.40. The zero-order valence-corrected chi connectivity index (χ0v) is 16.2. The van der Waals surface area contributed by atoms with Gasteiger partial charge in [0.15, 0.2) is 6.61 Å². The monoisotopic (exact) mass is 374 g/mol. The lowest BCUT2D eigenvalue weighted by Gasteiger charge is -2.12. The van der Waals surface area contributed by atoms with Crippen LogP contribution in [0.5, 0.6) is 5.75 Å². The average Bonchev–Trinajstić information content (AvgIpc) is 2.96. The fraction of sp³-hybridized carbons (Fsp3) is 0.450. The summed E-state index contributed by atoms with van der Waals surface area (Å²) in [6.07, 6.45) is 1.86. The number of benzene rings is 1. The van der Waals surface area contributed by atoms with E-state index in [2.05, 4.69) is 10.5 Å². The van der Waals surface area contributed by atoms with Crippen LogP contribution in [-0.2, 0) is 16.1 Å². The first-order chi connectivity index (χ1) is 12.9. The molecule has 27 heavy (non-hydrogen) atoms. The molecule has 0 aliphatic carbocycles. The molecule has 0 aliphatic heterocycles. The Labute approximate surface area is 159 Å². The van der Waals surface area contributed by atoms with Gasteiger partial charge in [-0.25, -0.2) is 4.79 Å². The lowest BCUT2D eigenvalue weighted by molar-refractivity contribution is -0.124. The molecule has 2 aromatic rings. The first-order valence-corrected chi connectivity index (χ1v) is 9.01. The molecule has 0 bridgehead atoms. The van der Waals surface area contributed by atoms with Gasteiger partial charge in [-0.3, -0.25) is 4.79 Å². The van der Waals surface area contributed by atoms with Gasteiger partial charge in [0.25, 0.3) is 5.91 Å². The predicted octanol–water partition coefficient (Wildman–Crippen LogP) is 3.33. The molecular weight excluding hydrogens is 348 g/mol. The highest BCUT2D eigenvalue weighted by molar-refractivity contribution is 5.91. The van der Waals surface area contributed by atoms with Crippen molar-refractivity contribution in [3.05, 3.63) is 46.8 Å². The summed E-state index contributed by atoms with van der Waals surface area (Å²) in [5, 5.41) is 6.67. The van der Waals surface area contributed by atoms with Crippen molar-refractivity contribution in [2.24, 2.45) is 0 Å². The summed E-state index contributed by atoms with van der Waals surface area (Å²) in [6, 6.07) is 6.62. The van der Waals surface area contributed by atoms with Gasteiger partial charge in [-0.2, -0.15) is 0 Å². The van der Waals surface area contributed by atoms with Crippen molar-refractivity contribution in [3.8, 4) is 5.75 Å². The molecule has 2 rings (SSSR count). The average molecular weight is 374 g/mol. The molecule has 0 saturated heterocycles. The number of aromatic nitrogens is 1. The van der Waals surface area contributed by atoms with Crippen molar-refractivity contribution in [1.82, 2.24) is 10.5 Å². The van der Waals surface area contributed by atoms with E-state index < -0.39 is 5.97 Å². The maximum absolute atomic E-state index is 12.0. The normalized spacial score (nSPS) is 11.7.